The Balaban J connectivity index is 1.92. The number of nitrogens with one attached hydrogen (secondary N) is 1. The van der Waals surface area contributed by atoms with Crippen LogP contribution in [0, 0.1) is 5.41 Å². The summed E-state index contributed by atoms with van der Waals surface area (Å²) in [5.74, 6) is 0. The molecule has 3 rings (SSSR count). The quantitative estimate of drug-likeness (QED) is 0.673. The Morgan fingerprint density at radius 1 is 0.682 bits per heavy atom. The smallest absolute Gasteiger partial charge is 0.0648 e. The van der Waals surface area contributed by atoms with E-state index in [9.17, 15) is 0 Å². The van der Waals surface area contributed by atoms with E-state index in [1.54, 1.807) is 0 Å². The van der Waals surface area contributed by atoms with E-state index in [1.165, 1.54) is 17.3 Å². The molecule has 3 aromatic rings. The van der Waals surface area contributed by atoms with Gasteiger partial charge in [0.1, 0.15) is 0 Å². The molecule has 108 valence electrons. The van der Waals surface area contributed by atoms with Gasteiger partial charge in [0.15, 0.2) is 0 Å². The largest absolute Gasteiger partial charge is 0.320 e. The van der Waals surface area contributed by atoms with Gasteiger partial charge in [-0.1, -0.05) is 72.8 Å². The maximum Gasteiger partial charge on any atom is 0.0648 e. The molecule has 0 aliphatic heterocycles. The SMILES string of the molecule is N=CC(N)c1cccc(-c2ccc(-c3ccccc3)cc2)c1. The van der Waals surface area contributed by atoms with Crippen molar-refractivity contribution in [3.63, 3.8) is 0 Å². The van der Waals surface area contributed by atoms with Crippen LogP contribution < -0.4 is 5.73 Å². The van der Waals surface area contributed by atoms with Crippen LogP contribution in [0.3, 0.4) is 0 Å². The van der Waals surface area contributed by atoms with Gasteiger partial charge in [0.25, 0.3) is 0 Å². The molecule has 3 aromatic carbocycles. The summed E-state index contributed by atoms with van der Waals surface area (Å²) < 4.78 is 0. The van der Waals surface area contributed by atoms with Crippen molar-refractivity contribution in [1.82, 2.24) is 0 Å². The van der Waals surface area contributed by atoms with Crippen molar-refractivity contribution >= 4 is 6.21 Å². The van der Waals surface area contributed by atoms with E-state index in [-0.39, 0.29) is 6.04 Å². The Hall–Kier alpha value is -2.71. The Kier molecular flexibility index (Phi) is 4.12. The molecule has 0 spiro atoms. The van der Waals surface area contributed by atoms with Crippen molar-refractivity contribution in [3.05, 3.63) is 84.4 Å². The van der Waals surface area contributed by atoms with Crippen LogP contribution >= 0.6 is 0 Å². The zero-order valence-electron chi connectivity index (χ0n) is 12.2. The van der Waals surface area contributed by atoms with Crippen molar-refractivity contribution < 1.29 is 0 Å². The number of nitrogens with two attached hydrogens (primary N) is 1. The highest BCUT2D eigenvalue weighted by atomic mass is 14.6. The summed E-state index contributed by atoms with van der Waals surface area (Å²) in [6.45, 7) is 0. The zero-order chi connectivity index (χ0) is 15.4. The third-order valence-electron chi connectivity index (χ3n) is 3.78. The Bertz CT molecular complexity index is 761. The minimum absolute atomic E-state index is 0.344. The number of hydrogen-bond acceptors (Lipinski definition) is 2. The second-order valence-electron chi connectivity index (χ2n) is 5.26. The van der Waals surface area contributed by atoms with Crippen LogP contribution in [0.1, 0.15) is 11.6 Å². The zero-order valence-corrected chi connectivity index (χ0v) is 12.2. The van der Waals surface area contributed by atoms with Gasteiger partial charge in [-0.2, -0.15) is 0 Å². The highest BCUT2D eigenvalue weighted by molar-refractivity contribution is 5.72. The van der Waals surface area contributed by atoms with E-state index < -0.39 is 0 Å². The van der Waals surface area contributed by atoms with Crippen LogP contribution in [0.25, 0.3) is 22.3 Å². The van der Waals surface area contributed by atoms with Crippen molar-refractivity contribution in [3.8, 4) is 22.3 Å². The normalized spacial score (nSPS) is 11.9. The molecule has 0 saturated carbocycles. The first-order valence-corrected chi connectivity index (χ1v) is 7.30. The van der Waals surface area contributed by atoms with Crippen LogP contribution in [0.5, 0.6) is 0 Å². The molecular formula is C20H18N2. The maximum atomic E-state index is 7.29. The molecule has 0 amide bonds. The number of hydrogen-bond donors (Lipinski definition) is 2. The van der Waals surface area contributed by atoms with Gasteiger partial charge >= 0.3 is 0 Å². The summed E-state index contributed by atoms with van der Waals surface area (Å²) in [5, 5.41) is 7.29. The summed E-state index contributed by atoms with van der Waals surface area (Å²) in [5.41, 5.74) is 11.5. The molecule has 0 saturated heterocycles. The number of benzene rings is 3. The topological polar surface area (TPSA) is 49.9 Å². The first kappa shape index (κ1) is 14.2. The molecular weight excluding hydrogens is 268 g/mol. The van der Waals surface area contributed by atoms with E-state index in [4.69, 9.17) is 11.1 Å². The van der Waals surface area contributed by atoms with Gasteiger partial charge < -0.3 is 11.1 Å². The van der Waals surface area contributed by atoms with Crippen LogP contribution in [-0.2, 0) is 0 Å². The molecule has 22 heavy (non-hydrogen) atoms. The first-order valence-electron chi connectivity index (χ1n) is 7.30. The first-order chi connectivity index (χ1) is 10.8. The van der Waals surface area contributed by atoms with E-state index in [0.717, 1.165) is 16.7 Å². The minimum atomic E-state index is -0.344. The summed E-state index contributed by atoms with van der Waals surface area (Å²) >= 11 is 0. The highest BCUT2D eigenvalue weighted by Crippen LogP contribution is 2.26. The van der Waals surface area contributed by atoms with E-state index in [0.29, 0.717) is 0 Å². The van der Waals surface area contributed by atoms with Gasteiger partial charge in [0.2, 0.25) is 0 Å². The molecule has 0 heterocycles. The number of rotatable bonds is 4. The Morgan fingerprint density at radius 2 is 1.23 bits per heavy atom. The average molecular weight is 286 g/mol. The molecule has 0 bridgehead atoms. The van der Waals surface area contributed by atoms with E-state index in [1.807, 2.05) is 36.4 Å². The van der Waals surface area contributed by atoms with Crippen LogP contribution in [0.4, 0.5) is 0 Å². The molecule has 1 atom stereocenters. The highest BCUT2D eigenvalue weighted by Gasteiger charge is 2.05. The van der Waals surface area contributed by atoms with Gasteiger partial charge in [-0.15, -0.1) is 0 Å². The molecule has 3 N–H and O–H groups in total. The molecule has 2 nitrogen and oxygen atoms in total. The van der Waals surface area contributed by atoms with Gasteiger partial charge in [-0.05, 0) is 33.9 Å². The lowest BCUT2D eigenvalue weighted by Crippen LogP contribution is -2.10. The standard InChI is InChI=1S/C20H18N2/c21-14-20(22)19-8-4-7-18(13-19)17-11-9-16(10-12-17)15-5-2-1-3-6-15/h1-14,20-21H,22H2. The van der Waals surface area contributed by atoms with Gasteiger partial charge in [-0.25, -0.2) is 0 Å². The summed E-state index contributed by atoms with van der Waals surface area (Å²) in [7, 11) is 0. The van der Waals surface area contributed by atoms with Crippen molar-refractivity contribution in [2.45, 2.75) is 6.04 Å². The van der Waals surface area contributed by atoms with Crippen LogP contribution in [0.2, 0.25) is 0 Å². The Morgan fingerprint density at radius 3 is 1.86 bits per heavy atom. The minimum Gasteiger partial charge on any atom is -0.320 e. The molecule has 0 fully saturated rings. The lowest BCUT2D eigenvalue weighted by atomic mass is 9.98. The van der Waals surface area contributed by atoms with Gasteiger partial charge in [-0.3, -0.25) is 0 Å². The predicted molar refractivity (Wildman–Crippen MR) is 93.0 cm³/mol. The molecule has 1 unspecified atom stereocenters. The van der Waals surface area contributed by atoms with Crippen LogP contribution in [0.15, 0.2) is 78.9 Å². The lowest BCUT2D eigenvalue weighted by molar-refractivity contribution is 0.976. The Labute approximate surface area is 130 Å². The molecule has 0 radical (unpaired) electrons. The van der Waals surface area contributed by atoms with Crippen molar-refractivity contribution in [2.24, 2.45) is 5.73 Å². The third kappa shape index (κ3) is 2.97. The van der Waals surface area contributed by atoms with E-state index >= 15 is 0 Å². The molecule has 0 aromatic heterocycles. The second kappa shape index (κ2) is 6.37. The van der Waals surface area contributed by atoms with Crippen molar-refractivity contribution in [1.29, 1.82) is 5.41 Å². The van der Waals surface area contributed by atoms with Gasteiger partial charge in [0, 0.05) is 6.21 Å². The van der Waals surface area contributed by atoms with E-state index in [2.05, 4.69) is 42.5 Å². The second-order valence-corrected chi connectivity index (χ2v) is 5.26. The monoisotopic (exact) mass is 286 g/mol. The third-order valence-corrected chi connectivity index (χ3v) is 3.78. The fourth-order valence-electron chi connectivity index (χ4n) is 2.51. The lowest BCUT2D eigenvalue weighted by Gasteiger charge is -2.09. The summed E-state index contributed by atoms with van der Waals surface area (Å²) in [6.07, 6.45) is 1.26. The molecule has 2 heteroatoms. The van der Waals surface area contributed by atoms with Crippen LogP contribution in [-0.4, -0.2) is 6.21 Å². The average Bonchev–Trinajstić information content (AvgIpc) is 2.62. The molecule has 0 aliphatic carbocycles. The fourth-order valence-corrected chi connectivity index (χ4v) is 2.51. The molecule has 0 aliphatic rings. The van der Waals surface area contributed by atoms with Gasteiger partial charge in [0.05, 0.1) is 6.04 Å². The predicted octanol–water partition coefficient (Wildman–Crippen LogP) is 4.67. The van der Waals surface area contributed by atoms with Crippen molar-refractivity contribution in [2.75, 3.05) is 0 Å². The summed E-state index contributed by atoms with van der Waals surface area (Å²) in [6, 6.07) is 26.6. The fraction of sp³-hybridized carbons (Fsp3) is 0.0500. The maximum absolute atomic E-state index is 7.29. The summed E-state index contributed by atoms with van der Waals surface area (Å²) in [4.78, 5) is 0.